The van der Waals surface area contributed by atoms with Gasteiger partial charge in [-0.1, -0.05) is 13.8 Å². The Morgan fingerprint density at radius 3 is 2.59 bits per heavy atom. The quantitative estimate of drug-likeness (QED) is 0.370. The van der Waals surface area contributed by atoms with Crippen LogP contribution in [0, 0.1) is 5.92 Å². The third-order valence-corrected chi connectivity index (χ3v) is 2.28. The first kappa shape index (κ1) is 16.2. The first-order valence-electron chi connectivity index (χ1n) is 6.80. The van der Waals surface area contributed by atoms with E-state index in [4.69, 9.17) is 4.74 Å². The third-order valence-electron chi connectivity index (χ3n) is 2.28. The molecule has 4 heteroatoms. The van der Waals surface area contributed by atoms with Crippen LogP contribution in [0.5, 0.6) is 0 Å². The molecular formula is C13H29N3O. The van der Waals surface area contributed by atoms with Crippen molar-refractivity contribution < 1.29 is 4.74 Å². The fraction of sp³-hybridized carbons (Fsp3) is 0.923. The SMILES string of the molecule is CCNC(=NCCCOCC)NCCC(C)C. The molecular weight excluding hydrogens is 214 g/mol. The van der Waals surface area contributed by atoms with E-state index in [1.165, 1.54) is 6.42 Å². The van der Waals surface area contributed by atoms with E-state index in [-0.39, 0.29) is 0 Å². The van der Waals surface area contributed by atoms with Crippen LogP contribution in [-0.4, -0.2) is 38.8 Å². The highest BCUT2D eigenvalue weighted by Crippen LogP contribution is 1.96. The maximum atomic E-state index is 5.28. The Hall–Kier alpha value is -0.770. The van der Waals surface area contributed by atoms with Crippen LogP contribution in [0.1, 0.15) is 40.5 Å². The van der Waals surface area contributed by atoms with E-state index in [1.54, 1.807) is 0 Å². The van der Waals surface area contributed by atoms with Crippen molar-refractivity contribution in [1.82, 2.24) is 10.6 Å². The number of guanidine groups is 1. The minimum atomic E-state index is 0.725. The predicted octanol–water partition coefficient (Wildman–Crippen LogP) is 2.01. The molecule has 0 radical (unpaired) electrons. The molecule has 0 fully saturated rings. The molecule has 0 rings (SSSR count). The van der Waals surface area contributed by atoms with Crippen LogP contribution in [0.15, 0.2) is 4.99 Å². The molecule has 0 aromatic heterocycles. The Morgan fingerprint density at radius 1 is 1.24 bits per heavy atom. The van der Waals surface area contributed by atoms with Crippen LogP contribution >= 0.6 is 0 Å². The third kappa shape index (κ3) is 11.5. The van der Waals surface area contributed by atoms with Gasteiger partial charge in [0.15, 0.2) is 5.96 Å². The van der Waals surface area contributed by atoms with Gasteiger partial charge in [-0.05, 0) is 32.6 Å². The molecule has 0 aromatic carbocycles. The van der Waals surface area contributed by atoms with Crippen LogP contribution in [0.2, 0.25) is 0 Å². The molecule has 0 heterocycles. The summed E-state index contributed by atoms with van der Waals surface area (Å²) in [5, 5.41) is 6.59. The van der Waals surface area contributed by atoms with Crippen molar-refractivity contribution >= 4 is 5.96 Å². The Labute approximate surface area is 106 Å². The number of hydrogen-bond donors (Lipinski definition) is 2. The Balaban J connectivity index is 3.74. The highest BCUT2D eigenvalue weighted by atomic mass is 16.5. The Bertz CT molecular complexity index is 193. The average molecular weight is 243 g/mol. The molecule has 0 unspecified atom stereocenters. The number of nitrogens with one attached hydrogen (secondary N) is 2. The molecule has 2 N–H and O–H groups in total. The predicted molar refractivity (Wildman–Crippen MR) is 74.5 cm³/mol. The minimum absolute atomic E-state index is 0.725. The standard InChI is InChI=1S/C13H29N3O/c1-5-14-13(16-10-8-12(3)4)15-9-7-11-17-6-2/h12H,5-11H2,1-4H3,(H2,14,15,16). The van der Waals surface area contributed by atoms with E-state index in [9.17, 15) is 0 Å². The summed E-state index contributed by atoms with van der Waals surface area (Å²) >= 11 is 0. The summed E-state index contributed by atoms with van der Waals surface area (Å²) in [4.78, 5) is 4.50. The van der Waals surface area contributed by atoms with Crippen molar-refractivity contribution in [2.24, 2.45) is 10.9 Å². The van der Waals surface area contributed by atoms with Gasteiger partial charge in [0.1, 0.15) is 0 Å². The molecule has 4 nitrogen and oxygen atoms in total. The maximum Gasteiger partial charge on any atom is 0.191 e. The van der Waals surface area contributed by atoms with Crippen molar-refractivity contribution in [1.29, 1.82) is 0 Å². The molecule has 17 heavy (non-hydrogen) atoms. The monoisotopic (exact) mass is 243 g/mol. The van der Waals surface area contributed by atoms with Gasteiger partial charge in [0.05, 0.1) is 0 Å². The highest BCUT2D eigenvalue weighted by molar-refractivity contribution is 5.79. The van der Waals surface area contributed by atoms with Gasteiger partial charge in [-0.15, -0.1) is 0 Å². The number of hydrogen-bond acceptors (Lipinski definition) is 2. The summed E-state index contributed by atoms with van der Waals surface area (Å²) in [5.74, 6) is 1.65. The fourth-order valence-corrected chi connectivity index (χ4v) is 1.32. The van der Waals surface area contributed by atoms with E-state index in [0.717, 1.165) is 51.1 Å². The summed E-state index contributed by atoms with van der Waals surface area (Å²) in [6.45, 7) is 12.8. The first-order valence-corrected chi connectivity index (χ1v) is 6.80. The van der Waals surface area contributed by atoms with Crippen LogP contribution in [0.25, 0.3) is 0 Å². The van der Waals surface area contributed by atoms with E-state index in [0.29, 0.717) is 0 Å². The largest absolute Gasteiger partial charge is 0.382 e. The zero-order chi connectivity index (χ0) is 12.9. The summed E-state index contributed by atoms with van der Waals surface area (Å²) < 4.78 is 5.28. The number of aliphatic imine (C=N–C) groups is 1. The first-order chi connectivity index (χ1) is 8.20. The Kier molecular flexibility index (Phi) is 11.2. The van der Waals surface area contributed by atoms with Gasteiger partial charge in [0, 0.05) is 32.8 Å². The van der Waals surface area contributed by atoms with Gasteiger partial charge in [0.25, 0.3) is 0 Å². The van der Waals surface area contributed by atoms with Gasteiger partial charge in [-0.3, -0.25) is 4.99 Å². The van der Waals surface area contributed by atoms with Crippen LogP contribution < -0.4 is 10.6 Å². The average Bonchev–Trinajstić information content (AvgIpc) is 2.28. The second-order valence-electron chi connectivity index (χ2n) is 4.42. The molecule has 0 aliphatic carbocycles. The fourth-order valence-electron chi connectivity index (χ4n) is 1.32. The second-order valence-corrected chi connectivity index (χ2v) is 4.42. The Morgan fingerprint density at radius 2 is 2.00 bits per heavy atom. The molecule has 0 spiro atoms. The lowest BCUT2D eigenvalue weighted by molar-refractivity contribution is 0.146. The molecule has 0 saturated heterocycles. The lowest BCUT2D eigenvalue weighted by Crippen LogP contribution is -2.38. The molecule has 0 amide bonds. The second kappa shape index (κ2) is 11.7. The maximum absolute atomic E-state index is 5.28. The van der Waals surface area contributed by atoms with Gasteiger partial charge >= 0.3 is 0 Å². The molecule has 0 atom stereocenters. The number of nitrogens with zero attached hydrogens (tertiary/aromatic N) is 1. The normalized spacial score (nSPS) is 11.9. The molecule has 0 saturated carbocycles. The summed E-state index contributed by atoms with van der Waals surface area (Å²) in [5.41, 5.74) is 0. The lowest BCUT2D eigenvalue weighted by atomic mass is 10.1. The summed E-state index contributed by atoms with van der Waals surface area (Å²) in [6.07, 6.45) is 2.15. The number of ether oxygens (including phenoxy) is 1. The zero-order valence-electron chi connectivity index (χ0n) is 11.9. The zero-order valence-corrected chi connectivity index (χ0v) is 11.9. The van der Waals surface area contributed by atoms with Crippen LogP contribution in [0.4, 0.5) is 0 Å². The lowest BCUT2D eigenvalue weighted by Gasteiger charge is -2.12. The van der Waals surface area contributed by atoms with E-state index >= 15 is 0 Å². The molecule has 102 valence electrons. The van der Waals surface area contributed by atoms with Crippen molar-refractivity contribution in [2.45, 2.75) is 40.5 Å². The van der Waals surface area contributed by atoms with Crippen molar-refractivity contribution in [3.05, 3.63) is 0 Å². The molecule has 0 aromatic rings. The topological polar surface area (TPSA) is 45.7 Å². The number of rotatable bonds is 9. The van der Waals surface area contributed by atoms with Gasteiger partial charge < -0.3 is 15.4 Å². The molecule has 0 aliphatic heterocycles. The van der Waals surface area contributed by atoms with Crippen molar-refractivity contribution in [2.75, 3.05) is 32.8 Å². The van der Waals surface area contributed by atoms with Crippen molar-refractivity contribution in [3.63, 3.8) is 0 Å². The summed E-state index contributed by atoms with van der Waals surface area (Å²) in [7, 11) is 0. The smallest absolute Gasteiger partial charge is 0.191 e. The van der Waals surface area contributed by atoms with Gasteiger partial charge in [-0.2, -0.15) is 0 Å². The van der Waals surface area contributed by atoms with Gasteiger partial charge in [-0.25, -0.2) is 0 Å². The van der Waals surface area contributed by atoms with Crippen LogP contribution in [0.3, 0.4) is 0 Å². The minimum Gasteiger partial charge on any atom is -0.382 e. The van der Waals surface area contributed by atoms with Gasteiger partial charge in [0.2, 0.25) is 0 Å². The summed E-state index contributed by atoms with van der Waals surface area (Å²) in [6, 6.07) is 0. The van der Waals surface area contributed by atoms with E-state index in [1.807, 2.05) is 6.92 Å². The van der Waals surface area contributed by atoms with Crippen LogP contribution in [-0.2, 0) is 4.74 Å². The molecule has 0 aliphatic rings. The van der Waals surface area contributed by atoms with Crippen molar-refractivity contribution in [3.8, 4) is 0 Å². The van der Waals surface area contributed by atoms with E-state index in [2.05, 4.69) is 36.4 Å². The molecule has 0 bridgehead atoms. The van der Waals surface area contributed by atoms with E-state index < -0.39 is 0 Å². The highest BCUT2D eigenvalue weighted by Gasteiger charge is 1.97.